The Kier molecular flexibility index (Phi) is 7.30. The molecule has 0 aliphatic carbocycles. The minimum atomic E-state index is -0.478. The van der Waals surface area contributed by atoms with Crippen LogP contribution in [0, 0.1) is 5.92 Å². The standard InChI is InChI=1S/C23H23BrN2O4/c1-15(2)13-30-21-10-8-18(24)12-20(21)23(28)26-25-22(27)14-29-19-9-7-16-5-3-4-6-17(16)11-19/h3-12,15H,13-14H2,1-2H3,(H,25,27)(H,26,28). The van der Waals surface area contributed by atoms with E-state index < -0.39 is 11.8 Å². The lowest BCUT2D eigenvalue weighted by Crippen LogP contribution is -2.44. The molecule has 0 aromatic heterocycles. The molecular weight excluding hydrogens is 448 g/mol. The maximum atomic E-state index is 12.5. The van der Waals surface area contributed by atoms with Crippen molar-refractivity contribution in [1.82, 2.24) is 10.9 Å². The zero-order valence-corrected chi connectivity index (χ0v) is 18.4. The summed E-state index contributed by atoms with van der Waals surface area (Å²) in [5.74, 6) is 0.388. The maximum absolute atomic E-state index is 12.5. The lowest BCUT2D eigenvalue weighted by atomic mass is 10.1. The van der Waals surface area contributed by atoms with E-state index in [9.17, 15) is 9.59 Å². The van der Waals surface area contributed by atoms with Crippen LogP contribution in [0.15, 0.2) is 65.1 Å². The molecule has 0 bridgehead atoms. The van der Waals surface area contributed by atoms with Gasteiger partial charge >= 0.3 is 0 Å². The van der Waals surface area contributed by atoms with Crippen LogP contribution in [0.25, 0.3) is 10.8 Å². The number of nitrogens with one attached hydrogen (secondary N) is 2. The number of hydrogen-bond donors (Lipinski definition) is 2. The van der Waals surface area contributed by atoms with Crippen molar-refractivity contribution in [2.45, 2.75) is 13.8 Å². The van der Waals surface area contributed by atoms with Crippen LogP contribution < -0.4 is 20.3 Å². The molecular formula is C23H23BrN2O4. The highest BCUT2D eigenvalue weighted by molar-refractivity contribution is 9.10. The Morgan fingerprint density at radius 1 is 0.933 bits per heavy atom. The molecule has 30 heavy (non-hydrogen) atoms. The lowest BCUT2D eigenvalue weighted by Gasteiger charge is -2.14. The lowest BCUT2D eigenvalue weighted by molar-refractivity contribution is -0.123. The number of carbonyl (C=O) groups is 2. The molecule has 0 atom stereocenters. The number of rotatable bonds is 7. The number of hydrogen-bond acceptors (Lipinski definition) is 4. The Morgan fingerprint density at radius 3 is 2.47 bits per heavy atom. The highest BCUT2D eigenvalue weighted by Gasteiger charge is 2.15. The molecule has 3 aromatic carbocycles. The molecule has 2 amide bonds. The van der Waals surface area contributed by atoms with E-state index >= 15 is 0 Å². The smallest absolute Gasteiger partial charge is 0.276 e. The third kappa shape index (κ3) is 5.97. The van der Waals surface area contributed by atoms with E-state index in [0.29, 0.717) is 29.6 Å². The summed E-state index contributed by atoms with van der Waals surface area (Å²) in [6.07, 6.45) is 0. The van der Waals surface area contributed by atoms with Crippen LogP contribution in [-0.4, -0.2) is 25.0 Å². The molecule has 6 nitrogen and oxygen atoms in total. The van der Waals surface area contributed by atoms with E-state index in [2.05, 4.69) is 26.8 Å². The summed E-state index contributed by atoms with van der Waals surface area (Å²) in [5, 5.41) is 2.11. The summed E-state index contributed by atoms with van der Waals surface area (Å²) in [7, 11) is 0. The molecule has 0 saturated carbocycles. The summed E-state index contributed by atoms with van der Waals surface area (Å²) >= 11 is 3.35. The van der Waals surface area contributed by atoms with Gasteiger partial charge in [0.15, 0.2) is 6.61 Å². The average Bonchev–Trinajstić information content (AvgIpc) is 2.74. The average molecular weight is 471 g/mol. The van der Waals surface area contributed by atoms with Crippen molar-refractivity contribution in [3.05, 3.63) is 70.7 Å². The second-order valence-electron chi connectivity index (χ2n) is 7.15. The molecule has 2 N–H and O–H groups in total. The molecule has 0 aliphatic heterocycles. The quantitative estimate of drug-likeness (QED) is 0.499. The molecule has 7 heteroatoms. The van der Waals surface area contributed by atoms with Crippen molar-refractivity contribution in [3.63, 3.8) is 0 Å². The molecule has 0 heterocycles. The topological polar surface area (TPSA) is 76.7 Å². The van der Waals surface area contributed by atoms with Gasteiger partial charge in [-0.2, -0.15) is 0 Å². The maximum Gasteiger partial charge on any atom is 0.276 e. The van der Waals surface area contributed by atoms with Crippen molar-refractivity contribution in [1.29, 1.82) is 0 Å². The third-order valence-corrected chi connectivity index (χ3v) is 4.66. The number of fused-ring (bicyclic) bond motifs is 1. The second-order valence-corrected chi connectivity index (χ2v) is 8.06. The van der Waals surface area contributed by atoms with Crippen molar-refractivity contribution in [3.8, 4) is 11.5 Å². The van der Waals surface area contributed by atoms with E-state index in [4.69, 9.17) is 9.47 Å². The van der Waals surface area contributed by atoms with E-state index in [1.807, 2.05) is 50.2 Å². The number of hydrazine groups is 1. The van der Waals surface area contributed by atoms with Crippen LogP contribution in [0.4, 0.5) is 0 Å². The molecule has 0 aliphatic rings. The fourth-order valence-corrected chi connectivity index (χ4v) is 3.06. The largest absolute Gasteiger partial charge is 0.492 e. The molecule has 0 saturated heterocycles. The van der Waals surface area contributed by atoms with Gasteiger partial charge in [-0.05, 0) is 47.0 Å². The predicted molar refractivity (Wildman–Crippen MR) is 120 cm³/mol. The van der Waals surface area contributed by atoms with Crippen molar-refractivity contribution in [2.24, 2.45) is 5.92 Å². The minimum absolute atomic E-state index is 0.228. The first-order valence-corrected chi connectivity index (χ1v) is 10.3. The zero-order chi connectivity index (χ0) is 21.5. The van der Waals surface area contributed by atoms with Gasteiger partial charge in [0.1, 0.15) is 11.5 Å². The molecule has 0 radical (unpaired) electrons. The fourth-order valence-electron chi connectivity index (χ4n) is 2.70. The molecule has 156 valence electrons. The van der Waals surface area contributed by atoms with Gasteiger partial charge in [-0.3, -0.25) is 20.4 Å². The summed E-state index contributed by atoms with van der Waals surface area (Å²) in [4.78, 5) is 24.6. The molecule has 0 spiro atoms. The van der Waals surface area contributed by atoms with Gasteiger partial charge in [-0.15, -0.1) is 0 Å². The minimum Gasteiger partial charge on any atom is -0.492 e. The number of benzene rings is 3. The highest BCUT2D eigenvalue weighted by Crippen LogP contribution is 2.24. The van der Waals surface area contributed by atoms with Crippen LogP contribution in [0.5, 0.6) is 11.5 Å². The Bertz CT molecular complexity index is 1050. The van der Waals surface area contributed by atoms with Gasteiger partial charge in [0.25, 0.3) is 11.8 Å². The van der Waals surface area contributed by atoms with Crippen LogP contribution in [0.1, 0.15) is 24.2 Å². The fraction of sp³-hybridized carbons (Fsp3) is 0.217. The van der Waals surface area contributed by atoms with E-state index in [1.54, 1.807) is 24.3 Å². The normalized spacial score (nSPS) is 10.7. The summed E-state index contributed by atoms with van der Waals surface area (Å²) in [6, 6.07) is 18.6. The van der Waals surface area contributed by atoms with E-state index in [0.717, 1.165) is 15.2 Å². The first-order chi connectivity index (χ1) is 14.4. The van der Waals surface area contributed by atoms with Crippen LogP contribution in [0.2, 0.25) is 0 Å². The number of amides is 2. The van der Waals surface area contributed by atoms with Crippen molar-refractivity contribution >= 4 is 38.5 Å². The molecule has 0 unspecified atom stereocenters. The van der Waals surface area contributed by atoms with Crippen LogP contribution >= 0.6 is 15.9 Å². The van der Waals surface area contributed by atoms with Gasteiger partial charge < -0.3 is 9.47 Å². The van der Waals surface area contributed by atoms with Gasteiger partial charge in [0, 0.05) is 4.47 Å². The van der Waals surface area contributed by atoms with E-state index in [1.165, 1.54) is 0 Å². The third-order valence-electron chi connectivity index (χ3n) is 4.16. The van der Waals surface area contributed by atoms with Crippen LogP contribution in [-0.2, 0) is 4.79 Å². The molecule has 3 aromatic rings. The Hall–Kier alpha value is -3.06. The van der Waals surface area contributed by atoms with Gasteiger partial charge in [-0.25, -0.2) is 0 Å². The Labute approximate surface area is 183 Å². The summed E-state index contributed by atoms with van der Waals surface area (Å²) in [5.41, 5.74) is 5.09. The SMILES string of the molecule is CC(C)COc1ccc(Br)cc1C(=O)NNC(=O)COc1ccc2ccccc2c1. The first-order valence-electron chi connectivity index (χ1n) is 9.55. The summed E-state index contributed by atoms with van der Waals surface area (Å²) < 4.78 is 12.0. The molecule has 3 rings (SSSR count). The molecule has 0 fully saturated rings. The monoisotopic (exact) mass is 470 g/mol. The second kappa shape index (κ2) is 10.1. The van der Waals surface area contributed by atoms with Gasteiger partial charge in [0.05, 0.1) is 12.2 Å². The Morgan fingerprint density at radius 2 is 1.70 bits per heavy atom. The van der Waals surface area contributed by atoms with Gasteiger partial charge in [-0.1, -0.05) is 60.1 Å². The van der Waals surface area contributed by atoms with Gasteiger partial charge in [0.2, 0.25) is 0 Å². The van der Waals surface area contributed by atoms with Crippen molar-refractivity contribution in [2.75, 3.05) is 13.2 Å². The Balaban J connectivity index is 1.55. The number of halogens is 1. The van der Waals surface area contributed by atoms with E-state index in [-0.39, 0.29) is 6.61 Å². The summed E-state index contributed by atoms with van der Waals surface area (Å²) in [6.45, 7) is 4.30. The van der Waals surface area contributed by atoms with Crippen molar-refractivity contribution < 1.29 is 19.1 Å². The number of carbonyl (C=O) groups excluding carboxylic acids is 2. The predicted octanol–water partition coefficient (Wildman–Crippen LogP) is 4.48. The van der Waals surface area contributed by atoms with Crippen LogP contribution in [0.3, 0.4) is 0 Å². The highest BCUT2D eigenvalue weighted by atomic mass is 79.9. The number of ether oxygens (including phenoxy) is 2. The first kappa shape index (κ1) is 21.6. The zero-order valence-electron chi connectivity index (χ0n) is 16.8.